The zero-order valence-corrected chi connectivity index (χ0v) is 20.4. The number of aryl methyl sites for hydroxylation is 1. The maximum Gasteiger partial charge on any atom is 0.300 e. The standard InChI is InChI=1S/C28H26N2O6/c1-16-11-12-23(36-4)22(13-16)26(32)24-25(18-7-5-10-21(14-18)35-3)30(28(34)27(24)33)20-9-6-8-19(15-20)29-17(2)31/h5-15,25,32H,1-4H3,(H,29,31)/b26-24+. The van der Waals surface area contributed by atoms with Crippen molar-refractivity contribution in [3.63, 3.8) is 0 Å². The number of carbonyl (C=O) groups excluding carboxylic acids is 3. The van der Waals surface area contributed by atoms with Crippen LogP contribution in [0.1, 0.15) is 29.7 Å². The minimum Gasteiger partial charge on any atom is -0.507 e. The van der Waals surface area contributed by atoms with E-state index in [1.807, 2.05) is 13.0 Å². The van der Waals surface area contributed by atoms with Crippen molar-refractivity contribution >= 4 is 34.7 Å². The zero-order chi connectivity index (χ0) is 26.0. The number of hydrogen-bond acceptors (Lipinski definition) is 6. The first-order valence-corrected chi connectivity index (χ1v) is 11.2. The number of nitrogens with zero attached hydrogens (tertiary/aromatic N) is 1. The number of benzene rings is 3. The van der Waals surface area contributed by atoms with Crippen LogP contribution < -0.4 is 19.7 Å². The van der Waals surface area contributed by atoms with E-state index in [-0.39, 0.29) is 17.2 Å². The highest BCUT2D eigenvalue weighted by Crippen LogP contribution is 2.44. The van der Waals surface area contributed by atoms with Gasteiger partial charge in [0.25, 0.3) is 11.7 Å². The molecule has 0 radical (unpaired) electrons. The largest absolute Gasteiger partial charge is 0.507 e. The fourth-order valence-electron chi connectivity index (χ4n) is 4.31. The van der Waals surface area contributed by atoms with Gasteiger partial charge in [0, 0.05) is 18.3 Å². The van der Waals surface area contributed by atoms with Gasteiger partial charge in [-0.25, -0.2) is 0 Å². The summed E-state index contributed by atoms with van der Waals surface area (Å²) in [5, 5.41) is 14.1. The summed E-state index contributed by atoms with van der Waals surface area (Å²) in [6, 6.07) is 17.8. The van der Waals surface area contributed by atoms with E-state index in [0.717, 1.165) is 5.56 Å². The third-order valence-electron chi connectivity index (χ3n) is 5.91. The minimum atomic E-state index is -0.960. The molecular weight excluding hydrogens is 460 g/mol. The van der Waals surface area contributed by atoms with Crippen molar-refractivity contribution < 1.29 is 29.0 Å². The lowest BCUT2D eigenvalue weighted by Gasteiger charge is -2.26. The number of methoxy groups -OCH3 is 2. The lowest BCUT2D eigenvalue weighted by Crippen LogP contribution is -2.29. The molecule has 36 heavy (non-hydrogen) atoms. The molecule has 1 aliphatic rings. The van der Waals surface area contributed by atoms with E-state index in [1.165, 1.54) is 26.0 Å². The Kier molecular flexibility index (Phi) is 6.78. The van der Waals surface area contributed by atoms with Gasteiger partial charge >= 0.3 is 0 Å². The molecule has 0 aromatic heterocycles. The van der Waals surface area contributed by atoms with Crippen LogP contribution in [0.15, 0.2) is 72.3 Å². The van der Waals surface area contributed by atoms with Crippen molar-refractivity contribution in [1.82, 2.24) is 0 Å². The fraction of sp³-hybridized carbons (Fsp3) is 0.179. The molecule has 184 valence electrons. The van der Waals surface area contributed by atoms with Gasteiger partial charge in [0.15, 0.2) is 0 Å². The van der Waals surface area contributed by atoms with E-state index in [2.05, 4.69) is 5.32 Å². The van der Waals surface area contributed by atoms with Gasteiger partial charge in [0.05, 0.1) is 31.4 Å². The third-order valence-corrected chi connectivity index (χ3v) is 5.91. The van der Waals surface area contributed by atoms with Crippen LogP contribution in [-0.4, -0.2) is 36.9 Å². The number of hydrogen-bond donors (Lipinski definition) is 2. The second-order valence-electron chi connectivity index (χ2n) is 8.38. The van der Waals surface area contributed by atoms with Crippen LogP contribution in [0.25, 0.3) is 5.76 Å². The summed E-state index contributed by atoms with van der Waals surface area (Å²) < 4.78 is 10.8. The van der Waals surface area contributed by atoms with Gasteiger partial charge in [-0.1, -0.05) is 29.8 Å². The van der Waals surface area contributed by atoms with Crippen LogP contribution in [0, 0.1) is 6.92 Å². The van der Waals surface area contributed by atoms with Crippen LogP contribution in [-0.2, 0) is 14.4 Å². The van der Waals surface area contributed by atoms with Gasteiger partial charge < -0.3 is 19.9 Å². The lowest BCUT2D eigenvalue weighted by molar-refractivity contribution is -0.132. The number of rotatable bonds is 6. The minimum absolute atomic E-state index is 0.0814. The number of aliphatic hydroxyl groups is 1. The third kappa shape index (κ3) is 4.53. The zero-order valence-electron chi connectivity index (χ0n) is 20.4. The second kappa shape index (κ2) is 9.95. The van der Waals surface area contributed by atoms with Crippen molar-refractivity contribution in [2.75, 3.05) is 24.4 Å². The maximum absolute atomic E-state index is 13.4. The Labute approximate surface area is 208 Å². The van der Waals surface area contributed by atoms with Gasteiger partial charge in [-0.2, -0.15) is 0 Å². The first kappa shape index (κ1) is 24.5. The molecule has 3 aromatic rings. The molecule has 0 spiro atoms. The molecule has 1 saturated heterocycles. The Bertz CT molecular complexity index is 1390. The van der Waals surface area contributed by atoms with Crippen molar-refractivity contribution in [1.29, 1.82) is 0 Å². The molecule has 2 N–H and O–H groups in total. The highest BCUT2D eigenvalue weighted by molar-refractivity contribution is 6.51. The first-order valence-electron chi connectivity index (χ1n) is 11.2. The summed E-state index contributed by atoms with van der Waals surface area (Å²) in [6.45, 7) is 3.23. The van der Waals surface area contributed by atoms with Crippen molar-refractivity contribution in [3.8, 4) is 11.5 Å². The van der Waals surface area contributed by atoms with Crippen LogP contribution in [0.5, 0.6) is 11.5 Å². The maximum atomic E-state index is 13.4. The number of aliphatic hydroxyl groups excluding tert-OH is 1. The number of ether oxygens (including phenoxy) is 2. The van der Waals surface area contributed by atoms with Crippen LogP contribution in [0.4, 0.5) is 11.4 Å². The summed E-state index contributed by atoms with van der Waals surface area (Å²) in [5.74, 6) is -1.38. The molecule has 3 aromatic carbocycles. The Hall–Kier alpha value is -4.59. The normalized spacial score (nSPS) is 16.7. The molecule has 8 heteroatoms. The SMILES string of the molecule is COc1cccc(C2/C(=C(\O)c3cc(C)ccc3OC)C(=O)C(=O)N2c2cccc(NC(C)=O)c2)c1. The number of carbonyl (C=O) groups is 3. The molecule has 0 aliphatic carbocycles. The molecule has 4 rings (SSSR count). The molecule has 0 saturated carbocycles. The summed E-state index contributed by atoms with van der Waals surface area (Å²) in [7, 11) is 2.98. The van der Waals surface area contributed by atoms with Gasteiger partial charge in [-0.15, -0.1) is 0 Å². The summed E-state index contributed by atoms with van der Waals surface area (Å²) in [6.07, 6.45) is 0. The molecule has 1 atom stereocenters. The fourth-order valence-corrected chi connectivity index (χ4v) is 4.31. The number of ketones is 1. The monoisotopic (exact) mass is 486 g/mol. The van der Waals surface area contributed by atoms with E-state index in [1.54, 1.807) is 60.7 Å². The Balaban J connectivity index is 1.97. The van der Waals surface area contributed by atoms with Crippen molar-refractivity contribution in [3.05, 3.63) is 89.0 Å². The molecule has 1 heterocycles. The van der Waals surface area contributed by atoms with E-state index >= 15 is 0 Å². The predicted octanol–water partition coefficient (Wildman–Crippen LogP) is 4.60. The molecule has 1 unspecified atom stereocenters. The van der Waals surface area contributed by atoms with Crippen LogP contribution in [0.3, 0.4) is 0 Å². The summed E-state index contributed by atoms with van der Waals surface area (Å²) in [4.78, 5) is 39.8. The number of amides is 2. The number of nitrogens with one attached hydrogen (secondary N) is 1. The quantitative estimate of drug-likeness (QED) is 0.300. The van der Waals surface area contributed by atoms with Gasteiger partial charge in [0.2, 0.25) is 5.91 Å². The highest BCUT2D eigenvalue weighted by Gasteiger charge is 2.47. The average molecular weight is 487 g/mol. The topological polar surface area (TPSA) is 105 Å². The Morgan fingerprint density at radius 3 is 2.42 bits per heavy atom. The van der Waals surface area contributed by atoms with Gasteiger partial charge in [-0.3, -0.25) is 19.3 Å². The highest BCUT2D eigenvalue weighted by atomic mass is 16.5. The van der Waals surface area contributed by atoms with Crippen LogP contribution in [0.2, 0.25) is 0 Å². The molecule has 2 amide bonds. The number of Topliss-reactive ketones (excluding diaryl/α,β-unsaturated/α-hetero) is 1. The van der Waals surface area contributed by atoms with Crippen molar-refractivity contribution in [2.24, 2.45) is 0 Å². The number of anilines is 2. The van der Waals surface area contributed by atoms with E-state index < -0.39 is 17.7 Å². The van der Waals surface area contributed by atoms with Gasteiger partial charge in [-0.05, 0) is 55.0 Å². The Morgan fingerprint density at radius 1 is 0.972 bits per heavy atom. The van der Waals surface area contributed by atoms with Gasteiger partial charge in [0.1, 0.15) is 17.3 Å². The first-order chi connectivity index (χ1) is 17.2. The molecule has 8 nitrogen and oxygen atoms in total. The molecular formula is C28H26N2O6. The average Bonchev–Trinajstić information content (AvgIpc) is 3.13. The van der Waals surface area contributed by atoms with Crippen LogP contribution >= 0.6 is 0 Å². The van der Waals surface area contributed by atoms with E-state index in [0.29, 0.717) is 34.0 Å². The Morgan fingerprint density at radius 2 is 1.72 bits per heavy atom. The lowest BCUT2D eigenvalue weighted by atomic mass is 9.94. The summed E-state index contributed by atoms with van der Waals surface area (Å²) in [5.41, 5.74) is 2.47. The molecule has 1 aliphatic heterocycles. The second-order valence-corrected chi connectivity index (χ2v) is 8.38. The van der Waals surface area contributed by atoms with E-state index in [9.17, 15) is 19.5 Å². The summed E-state index contributed by atoms with van der Waals surface area (Å²) >= 11 is 0. The molecule has 1 fully saturated rings. The predicted molar refractivity (Wildman–Crippen MR) is 136 cm³/mol. The smallest absolute Gasteiger partial charge is 0.300 e. The van der Waals surface area contributed by atoms with E-state index in [4.69, 9.17) is 9.47 Å². The molecule has 0 bridgehead atoms. The van der Waals surface area contributed by atoms with Crippen molar-refractivity contribution in [2.45, 2.75) is 19.9 Å².